The van der Waals surface area contributed by atoms with E-state index >= 15 is 0 Å². The lowest BCUT2D eigenvalue weighted by Crippen LogP contribution is -2.60. The molecule has 2 aromatic carbocycles. The standard InChI is InChI=1S/C28H40O6Si/c1-27(2,3)35(6,7)34-22(19-31-18-20-14-10-8-11-15-20)25-24(30)26(33-28(4,5)32-25)23(29)21-16-12-9-13-17-21/h8-17,22-23,25-26,29H,18-19H2,1-7H3/t22-,23-,25-,26-/m1/s1. The first-order chi connectivity index (χ1) is 16.3. The Morgan fingerprint density at radius 1 is 0.971 bits per heavy atom. The van der Waals surface area contributed by atoms with Crippen molar-refractivity contribution in [3.05, 3.63) is 71.8 Å². The molecule has 2 aromatic rings. The number of aliphatic hydroxyl groups is 1. The van der Waals surface area contributed by atoms with Gasteiger partial charge in [0.25, 0.3) is 0 Å². The van der Waals surface area contributed by atoms with Gasteiger partial charge in [0.1, 0.15) is 18.3 Å². The fraction of sp³-hybridized carbons (Fsp3) is 0.536. The average Bonchev–Trinajstić information content (AvgIpc) is 2.79. The molecule has 1 aliphatic rings. The third-order valence-electron chi connectivity index (χ3n) is 6.79. The fourth-order valence-corrected chi connectivity index (χ4v) is 5.13. The Bertz CT molecular complexity index is 954. The van der Waals surface area contributed by atoms with E-state index in [4.69, 9.17) is 18.6 Å². The maximum absolute atomic E-state index is 13.7. The molecule has 0 aliphatic carbocycles. The third-order valence-corrected chi connectivity index (χ3v) is 11.3. The summed E-state index contributed by atoms with van der Waals surface area (Å²) < 4.78 is 24.9. The Labute approximate surface area is 210 Å². The summed E-state index contributed by atoms with van der Waals surface area (Å²) in [5.74, 6) is -1.43. The molecule has 6 nitrogen and oxygen atoms in total. The highest BCUT2D eigenvalue weighted by molar-refractivity contribution is 6.74. The second-order valence-corrected chi connectivity index (χ2v) is 15.9. The van der Waals surface area contributed by atoms with Crippen LogP contribution in [0.2, 0.25) is 18.1 Å². The van der Waals surface area contributed by atoms with Crippen molar-refractivity contribution in [2.45, 2.75) is 89.6 Å². The molecular weight excluding hydrogens is 460 g/mol. The van der Waals surface area contributed by atoms with Gasteiger partial charge in [-0.3, -0.25) is 4.79 Å². The number of benzene rings is 2. The Balaban J connectivity index is 1.87. The average molecular weight is 501 g/mol. The molecule has 0 unspecified atom stereocenters. The van der Waals surface area contributed by atoms with Crippen molar-refractivity contribution < 1.29 is 28.5 Å². The summed E-state index contributed by atoms with van der Waals surface area (Å²) in [6.07, 6.45) is -3.77. The molecule has 7 heteroatoms. The summed E-state index contributed by atoms with van der Waals surface area (Å²) in [6, 6.07) is 19.0. The highest BCUT2D eigenvalue weighted by atomic mass is 28.4. The molecule has 0 spiro atoms. The van der Waals surface area contributed by atoms with Crippen LogP contribution >= 0.6 is 0 Å². The molecule has 0 radical (unpaired) electrons. The number of rotatable bonds is 9. The lowest BCUT2D eigenvalue weighted by Gasteiger charge is -2.46. The molecule has 3 rings (SSSR count). The number of hydrogen-bond donors (Lipinski definition) is 1. The summed E-state index contributed by atoms with van der Waals surface area (Å²) in [7, 11) is -2.29. The van der Waals surface area contributed by atoms with Crippen LogP contribution in [0.15, 0.2) is 60.7 Å². The van der Waals surface area contributed by atoms with E-state index in [1.165, 1.54) is 0 Å². The zero-order valence-corrected chi connectivity index (χ0v) is 23.0. The van der Waals surface area contributed by atoms with Crippen molar-refractivity contribution in [1.29, 1.82) is 0 Å². The monoisotopic (exact) mass is 500 g/mol. The van der Waals surface area contributed by atoms with Crippen LogP contribution in [0.1, 0.15) is 51.8 Å². The quantitative estimate of drug-likeness (QED) is 0.464. The fourth-order valence-electron chi connectivity index (χ4n) is 3.83. The summed E-state index contributed by atoms with van der Waals surface area (Å²) in [6.45, 7) is 14.8. The minimum absolute atomic E-state index is 0.0721. The highest BCUT2D eigenvalue weighted by Crippen LogP contribution is 2.40. The van der Waals surface area contributed by atoms with E-state index in [9.17, 15) is 9.90 Å². The van der Waals surface area contributed by atoms with Gasteiger partial charge in [0.05, 0.1) is 13.2 Å². The van der Waals surface area contributed by atoms with E-state index in [1.807, 2.05) is 48.5 Å². The first-order valence-electron chi connectivity index (χ1n) is 12.2. The molecule has 1 N–H and O–H groups in total. The summed E-state index contributed by atoms with van der Waals surface area (Å²) in [4.78, 5) is 13.7. The van der Waals surface area contributed by atoms with Gasteiger partial charge >= 0.3 is 0 Å². The van der Waals surface area contributed by atoms with Gasteiger partial charge < -0.3 is 23.7 Å². The van der Waals surface area contributed by atoms with Crippen molar-refractivity contribution in [2.75, 3.05) is 6.61 Å². The maximum Gasteiger partial charge on any atom is 0.196 e. The van der Waals surface area contributed by atoms with Crippen molar-refractivity contribution >= 4 is 14.1 Å². The first-order valence-corrected chi connectivity index (χ1v) is 15.1. The molecule has 1 aliphatic heterocycles. The van der Waals surface area contributed by atoms with Gasteiger partial charge in [0.2, 0.25) is 0 Å². The molecule has 0 aromatic heterocycles. The number of carbonyl (C=O) groups is 1. The molecule has 1 fully saturated rings. The second-order valence-electron chi connectivity index (χ2n) is 11.2. The summed E-state index contributed by atoms with van der Waals surface area (Å²) in [5, 5.41) is 11.0. The van der Waals surface area contributed by atoms with E-state index in [1.54, 1.807) is 26.0 Å². The van der Waals surface area contributed by atoms with Gasteiger partial charge in [-0.15, -0.1) is 0 Å². The molecule has 4 atom stereocenters. The van der Waals surface area contributed by atoms with Crippen LogP contribution in [0.4, 0.5) is 0 Å². The van der Waals surface area contributed by atoms with Crippen LogP contribution in [-0.4, -0.2) is 49.9 Å². The van der Waals surface area contributed by atoms with Crippen LogP contribution < -0.4 is 0 Å². The first kappa shape index (κ1) is 27.7. The van der Waals surface area contributed by atoms with Crippen LogP contribution in [-0.2, 0) is 30.0 Å². The van der Waals surface area contributed by atoms with Gasteiger partial charge in [-0.2, -0.15) is 0 Å². The molecule has 0 saturated carbocycles. The molecule has 35 heavy (non-hydrogen) atoms. The molecular formula is C28H40O6Si. The number of hydrogen-bond acceptors (Lipinski definition) is 6. The van der Waals surface area contributed by atoms with E-state index in [0.717, 1.165) is 5.56 Å². The van der Waals surface area contributed by atoms with Crippen molar-refractivity contribution in [3.63, 3.8) is 0 Å². The van der Waals surface area contributed by atoms with Crippen LogP contribution in [0.25, 0.3) is 0 Å². The van der Waals surface area contributed by atoms with Gasteiger partial charge in [-0.25, -0.2) is 0 Å². The molecule has 192 valence electrons. The van der Waals surface area contributed by atoms with E-state index in [0.29, 0.717) is 12.2 Å². The lowest BCUT2D eigenvalue weighted by atomic mass is 9.94. The topological polar surface area (TPSA) is 74.2 Å². The normalized spacial score (nSPS) is 22.6. The zero-order chi connectivity index (χ0) is 25.9. The highest BCUT2D eigenvalue weighted by Gasteiger charge is 2.51. The molecule has 0 bridgehead atoms. The largest absolute Gasteiger partial charge is 0.408 e. The van der Waals surface area contributed by atoms with E-state index < -0.39 is 38.5 Å². The zero-order valence-electron chi connectivity index (χ0n) is 22.0. The Hall–Kier alpha value is -1.87. The molecule has 1 saturated heterocycles. The number of ketones is 1. The summed E-state index contributed by atoms with van der Waals surface area (Å²) in [5.41, 5.74) is 1.65. The van der Waals surface area contributed by atoms with Crippen LogP contribution in [0.5, 0.6) is 0 Å². The van der Waals surface area contributed by atoms with Gasteiger partial charge in [-0.1, -0.05) is 81.4 Å². The predicted molar refractivity (Wildman–Crippen MR) is 138 cm³/mol. The second kappa shape index (κ2) is 11.0. The van der Waals surface area contributed by atoms with Crippen LogP contribution in [0.3, 0.4) is 0 Å². The Morgan fingerprint density at radius 3 is 2.09 bits per heavy atom. The van der Waals surface area contributed by atoms with Gasteiger partial charge in [0, 0.05) is 0 Å². The van der Waals surface area contributed by atoms with Gasteiger partial charge in [0.15, 0.2) is 26.0 Å². The smallest absolute Gasteiger partial charge is 0.196 e. The Morgan fingerprint density at radius 2 is 1.51 bits per heavy atom. The number of aliphatic hydroxyl groups excluding tert-OH is 1. The summed E-state index contributed by atoms with van der Waals surface area (Å²) >= 11 is 0. The van der Waals surface area contributed by atoms with Gasteiger partial charge in [-0.05, 0) is 43.1 Å². The molecule has 0 amide bonds. The third kappa shape index (κ3) is 7.09. The van der Waals surface area contributed by atoms with E-state index in [-0.39, 0.29) is 17.4 Å². The number of Topliss-reactive ketones (excluding diaryl/α,β-unsaturated/α-hetero) is 1. The van der Waals surface area contributed by atoms with Crippen molar-refractivity contribution in [3.8, 4) is 0 Å². The van der Waals surface area contributed by atoms with Crippen molar-refractivity contribution in [2.24, 2.45) is 0 Å². The maximum atomic E-state index is 13.7. The lowest BCUT2D eigenvalue weighted by molar-refractivity contribution is -0.302. The number of ether oxygens (including phenoxy) is 3. The Kier molecular flexibility index (Phi) is 8.73. The minimum atomic E-state index is -2.29. The number of carbonyl (C=O) groups excluding carboxylic acids is 1. The predicted octanol–water partition coefficient (Wildman–Crippen LogP) is 5.42. The van der Waals surface area contributed by atoms with E-state index in [2.05, 4.69) is 33.9 Å². The SMILES string of the molecule is CC1(C)O[C@H]([C@H](O)c2ccccc2)C(=O)[C@@H]([C@@H](COCc2ccccc2)O[Si](C)(C)C(C)(C)C)O1. The van der Waals surface area contributed by atoms with Crippen molar-refractivity contribution in [1.82, 2.24) is 0 Å². The molecule has 1 heterocycles. The van der Waals surface area contributed by atoms with Crippen LogP contribution in [0, 0.1) is 0 Å². The minimum Gasteiger partial charge on any atom is -0.408 e.